The number of aromatic nitrogens is 2. The third-order valence-corrected chi connectivity index (χ3v) is 9.97. The largest absolute Gasteiger partial charge is 0.462 e. The molecule has 3 fully saturated rings. The second-order valence-corrected chi connectivity index (χ2v) is 12.9. The molecular formula is C35H40FN7O2. The zero-order valence-electron chi connectivity index (χ0n) is 25.9. The number of rotatable bonds is 8. The van der Waals surface area contributed by atoms with Crippen molar-refractivity contribution in [3.63, 3.8) is 0 Å². The Kier molecular flexibility index (Phi) is 8.04. The third-order valence-electron chi connectivity index (χ3n) is 9.97. The van der Waals surface area contributed by atoms with Crippen molar-refractivity contribution < 1.29 is 13.9 Å². The van der Waals surface area contributed by atoms with E-state index in [-0.39, 0.29) is 13.0 Å². The fourth-order valence-corrected chi connectivity index (χ4v) is 7.38. The van der Waals surface area contributed by atoms with Crippen molar-refractivity contribution in [3.05, 3.63) is 65.6 Å². The van der Waals surface area contributed by atoms with Crippen molar-refractivity contribution in [1.82, 2.24) is 19.8 Å². The predicted octanol–water partition coefficient (Wildman–Crippen LogP) is 4.96. The summed E-state index contributed by atoms with van der Waals surface area (Å²) in [6.07, 6.45) is 5.57. The molecule has 7 rings (SSSR count). The summed E-state index contributed by atoms with van der Waals surface area (Å²) in [5.41, 5.74) is 4.69. The number of ether oxygens (including phenoxy) is 1. The molecule has 2 saturated heterocycles. The molecule has 45 heavy (non-hydrogen) atoms. The van der Waals surface area contributed by atoms with Crippen molar-refractivity contribution in [2.45, 2.75) is 63.1 Å². The maximum Gasteiger partial charge on any atom is 0.318 e. The number of carbonyl (C=O) groups is 1. The van der Waals surface area contributed by atoms with E-state index in [1.54, 1.807) is 0 Å². The number of fused-ring (bicyclic) bond motifs is 2. The van der Waals surface area contributed by atoms with E-state index in [1.807, 2.05) is 0 Å². The Morgan fingerprint density at radius 2 is 1.89 bits per heavy atom. The van der Waals surface area contributed by atoms with Crippen LogP contribution in [-0.2, 0) is 17.8 Å². The lowest BCUT2D eigenvalue weighted by Crippen LogP contribution is -2.55. The van der Waals surface area contributed by atoms with Crippen LogP contribution >= 0.6 is 0 Å². The molecule has 1 aromatic heterocycles. The number of hydrogen-bond donors (Lipinski definition) is 0. The number of anilines is 2. The van der Waals surface area contributed by atoms with Crippen LogP contribution in [0.1, 0.15) is 54.8 Å². The lowest BCUT2D eigenvalue weighted by atomic mass is 9.97. The normalized spacial score (nSPS) is 21.9. The van der Waals surface area contributed by atoms with Crippen LogP contribution in [0, 0.1) is 11.3 Å². The SMILES string of the molecule is C=C(F)C(=O)N1CCN(c2nc(OCC3CCCN3C)nc3c2CCN(c2cccc4cccc(C5CC5)c24)C3)CC1CC#N. The fraction of sp³-hybridized carbons (Fsp3) is 0.486. The van der Waals surface area contributed by atoms with Gasteiger partial charge in [-0.3, -0.25) is 4.79 Å². The Bertz CT molecular complexity index is 1660. The summed E-state index contributed by atoms with van der Waals surface area (Å²) < 4.78 is 20.2. The minimum Gasteiger partial charge on any atom is -0.462 e. The number of likely N-dealkylation sites (N-methyl/N-ethyl adjacent to an activating group) is 1. The van der Waals surface area contributed by atoms with Gasteiger partial charge >= 0.3 is 6.01 Å². The first-order valence-corrected chi connectivity index (χ1v) is 16.2. The van der Waals surface area contributed by atoms with E-state index in [9.17, 15) is 14.4 Å². The fourth-order valence-electron chi connectivity index (χ4n) is 7.38. The van der Waals surface area contributed by atoms with Gasteiger partial charge in [-0.1, -0.05) is 36.9 Å². The summed E-state index contributed by atoms with van der Waals surface area (Å²) >= 11 is 0. The molecule has 234 valence electrons. The molecule has 0 bridgehead atoms. The van der Waals surface area contributed by atoms with Crippen molar-refractivity contribution in [2.75, 3.05) is 56.2 Å². The van der Waals surface area contributed by atoms with Crippen LogP contribution in [0.3, 0.4) is 0 Å². The summed E-state index contributed by atoms with van der Waals surface area (Å²) in [5, 5.41) is 12.1. The maximum absolute atomic E-state index is 13.9. The van der Waals surface area contributed by atoms with Gasteiger partial charge in [0.1, 0.15) is 12.4 Å². The van der Waals surface area contributed by atoms with Crippen LogP contribution in [0.25, 0.3) is 10.8 Å². The maximum atomic E-state index is 13.9. The smallest absolute Gasteiger partial charge is 0.318 e. The summed E-state index contributed by atoms with van der Waals surface area (Å²) in [6, 6.07) is 15.6. The number of halogens is 1. The van der Waals surface area contributed by atoms with Gasteiger partial charge in [0.25, 0.3) is 5.91 Å². The zero-order valence-corrected chi connectivity index (χ0v) is 25.9. The van der Waals surface area contributed by atoms with Gasteiger partial charge in [-0.15, -0.1) is 0 Å². The first kappa shape index (κ1) is 29.5. The molecule has 0 radical (unpaired) electrons. The van der Waals surface area contributed by atoms with E-state index >= 15 is 0 Å². The quantitative estimate of drug-likeness (QED) is 0.332. The van der Waals surface area contributed by atoms with E-state index in [1.165, 1.54) is 39.8 Å². The highest BCUT2D eigenvalue weighted by Crippen LogP contribution is 2.46. The van der Waals surface area contributed by atoms with Crippen LogP contribution in [0.4, 0.5) is 15.9 Å². The van der Waals surface area contributed by atoms with Gasteiger partial charge in [-0.2, -0.15) is 15.2 Å². The minimum absolute atomic E-state index is 0.0956. The Hall–Kier alpha value is -4.23. The van der Waals surface area contributed by atoms with E-state index < -0.39 is 17.8 Å². The van der Waals surface area contributed by atoms with Crippen molar-refractivity contribution in [2.24, 2.45) is 0 Å². The number of piperazine rings is 1. The van der Waals surface area contributed by atoms with Crippen LogP contribution in [0.5, 0.6) is 6.01 Å². The number of nitrogens with zero attached hydrogens (tertiary/aromatic N) is 7. The molecule has 9 nitrogen and oxygen atoms in total. The van der Waals surface area contributed by atoms with Gasteiger partial charge in [0.05, 0.1) is 30.8 Å². The van der Waals surface area contributed by atoms with Crippen molar-refractivity contribution >= 4 is 28.2 Å². The highest BCUT2D eigenvalue weighted by Gasteiger charge is 2.35. The number of hydrogen-bond acceptors (Lipinski definition) is 8. The number of benzene rings is 2. The Morgan fingerprint density at radius 1 is 1.07 bits per heavy atom. The Balaban J connectivity index is 1.22. The summed E-state index contributed by atoms with van der Waals surface area (Å²) in [7, 11) is 2.13. The Labute approximate surface area is 263 Å². The molecule has 3 aliphatic heterocycles. The summed E-state index contributed by atoms with van der Waals surface area (Å²) in [6.45, 7) is 7.34. The topological polar surface area (TPSA) is 88.8 Å². The van der Waals surface area contributed by atoms with Gasteiger partial charge in [0, 0.05) is 48.9 Å². The molecule has 0 N–H and O–H groups in total. The highest BCUT2D eigenvalue weighted by atomic mass is 19.1. The molecule has 2 atom stereocenters. The van der Waals surface area contributed by atoms with E-state index in [0.29, 0.717) is 44.2 Å². The molecule has 2 aromatic carbocycles. The molecular weight excluding hydrogens is 569 g/mol. The lowest BCUT2D eigenvalue weighted by Gasteiger charge is -2.42. The Morgan fingerprint density at radius 3 is 2.62 bits per heavy atom. The van der Waals surface area contributed by atoms with Gasteiger partial charge in [0.15, 0.2) is 5.83 Å². The molecule has 3 aromatic rings. The number of carbonyl (C=O) groups excluding carboxylic acids is 1. The highest BCUT2D eigenvalue weighted by molar-refractivity contribution is 5.97. The molecule has 2 unspecified atom stereocenters. The van der Waals surface area contributed by atoms with E-state index in [2.05, 4.69) is 70.8 Å². The monoisotopic (exact) mass is 609 g/mol. The average Bonchev–Trinajstić information content (AvgIpc) is 3.82. The van der Waals surface area contributed by atoms with Gasteiger partial charge < -0.3 is 24.3 Å². The third kappa shape index (κ3) is 5.82. The molecule has 10 heteroatoms. The van der Waals surface area contributed by atoms with Gasteiger partial charge in [0.2, 0.25) is 0 Å². The molecule has 4 heterocycles. The van der Waals surface area contributed by atoms with Crippen molar-refractivity contribution in [1.29, 1.82) is 5.26 Å². The first-order valence-electron chi connectivity index (χ1n) is 16.2. The second-order valence-electron chi connectivity index (χ2n) is 12.9. The molecule has 0 spiro atoms. The van der Waals surface area contributed by atoms with E-state index in [4.69, 9.17) is 14.7 Å². The van der Waals surface area contributed by atoms with Gasteiger partial charge in [-0.05, 0) is 68.6 Å². The van der Waals surface area contributed by atoms with Crippen LogP contribution in [-0.4, -0.2) is 84.1 Å². The van der Waals surface area contributed by atoms with Crippen molar-refractivity contribution in [3.8, 4) is 12.1 Å². The van der Waals surface area contributed by atoms with Crippen LogP contribution in [0.2, 0.25) is 0 Å². The molecule has 1 amide bonds. The van der Waals surface area contributed by atoms with Crippen LogP contribution in [0.15, 0.2) is 48.8 Å². The van der Waals surface area contributed by atoms with Crippen LogP contribution < -0.4 is 14.5 Å². The predicted molar refractivity (Wildman–Crippen MR) is 172 cm³/mol. The summed E-state index contributed by atoms with van der Waals surface area (Å²) in [5.74, 6) is -0.325. The molecule has 4 aliphatic rings. The van der Waals surface area contributed by atoms with Gasteiger partial charge in [-0.25, -0.2) is 4.39 Å². The number of amides is 1. The van der Waals surface area contributed by atoms with E-state index in [0.717, 1.165) is 49.4 Å². The number of nitriles is 1. The molecule has 1 aliphatic carbocycles. The minimum atomic E-state index is -1.00. The second kappa shape index (κ2) is 12.3. The standard InChI is InChI=1S/C35H40FN7O2/c1-23(36)34(44)43-19-18-42(20-26(43)13-15-37)33-29-14-17-41(21-30(29)38-35(39-33)45-22-27-8-5-16-40(27)2)31-10-4-7-25-6-3-9-28(32(25)31)24-11-12-24/h3-4,6-7,9-10,24,26-27H,1,5,8,11-14,16-22H2,2H3. The zero-order chi connectivity index (χ0) is 31.1. The lowest BCUT2D eigenvalue weighted by molar-refractivity contribution is -0.131. The molecule has 1 saturated carbocycles. The summed E-state index contributed by atoms with van der Waals surface area (Å²) in [4.78, 5) is 30.8. The number of likely N-dealkylation sites (tertiary alicyclic amines) is 1. The first-order chi connectivity index (χ1) is 21.9. The average molecular weight is 610 g/mol.